The van der Waals surface area contributed by atoms with Gasteiger partial charge in [0.05, 0.1) is 11.8 Å². The van der Waals surface area contributed by atoms with Crippen LogP contribution < -0.4 is 10.2 Å². The van der Waals surface area contributed by atoms with Gasteiger partial charge in [0.25, 0.3) is 0 Å². The van der Waals surface area contributed by atoms with Gasteiger partial charge in [0.1, 0.15) is 0 Å². The van der Waals surface area contributed by atoms with Crippen molar-refractivity contribution in [1.29, 1.82) is 0 Å². The fraction of sp³-hybridized carbons (Fsp3) is 0.667. The molecule has 1 N–H and O–H groups in total. The van der Waals surface area contributed by atoms with Crippen molar-refractivity contribution in [3.05, 3.63) is 0 Å². The van der Waals surface area contributed by atoms with E-state index in [0.717, 1.165) is 9.47 Å². The molecule has 8 heteroatoms. The zero-order valence-electron chi connectivity index (χ0n) is 12.3. The van der Waals surface area contributed by atoms with Gasteiger partial charge in [-0.3, -0.25) is 9.59 Å². The smallest absolute Gasteiger partial charge is 0.231 e. The van der Waals surface area contributed by atoms with Crippen LogP contribution in [0.15, 0.2) is 4.34 Å². The van der Waals surface area contributed by atoms with E-state index in [1.54, 1.807) is 0 Å². The fourth-order valence-corrected chi connectivity index (χ4v) is 3.10. The molecule has 0 bridgehead atoms. The quantitative estimate of drug-likeness (QED) is 0.767. The number of aromatic nitrogens is 2. The first-order valence-electron chi connectivity index (χ1n) is 6.24. The highest BCUT2D eigenvalue weighted by Crippen LogP contribution is 2.26. The summed E-state index contributed by atoms with van der Waals surface area (Å²) in [6.45, 7) is 5.31. The molecule has 0 fully saturated rings. The summed E-state index contributed by atoms with van der Waals surface area (Å²) in [5, 5.41) is 11.6. The highest BCUT2D eigenvalue weighted by molar-refractivity contribution is 8.01. The molecule has 1 atom stereocenters. The summed E-state index contributed by atoms with van der Waals surface area (Å²) in [4.78, 5) is 25.1. The zero-order valence-corrected chi connectivity index (χ0v) is 14.0. The van der Waals surface area contributed by atoms with E-state index in [2.05, 4.69) is 15.5 Å². The maximum Gasteiger partial charge on any atom is 0.231 e. The second-order valence-corrected chi connectivity index (χ2v) is 7.11. The number of ketones is 1. The molecule has 0 spiro atoms. The van der Waals surface area contributed by atoms with E-state index in [1.165, 1.54) is 30.0 Å². The minimum atomic E-state index is -0.421. The van der Waals surface area contributed by atoms with E-state index in [-0.39, 0.29) is 23.4 Å². The van der Waals surface area contributed by atoms with E-state index in [4.69, 9.17) is 0 Å². The highest BCUT2D eigenvalue weighted by atomic mass is 32.2. The zero-order chi connectivity index (χ0) is 15.3. The predicted molar refractivity (Wildman–Crippen MR) is 82.4 cm³/mol. The van der Waals surface area contributed by atoms with Crippen molar-refractivity contribution >= 4 is 39.9 Å². The average Bonchev–Trinajstić information content (AvgIpc) is 2.81. The minimum absolute atomic E-state index is 0.0239. The van der Waals surface area contributed by atoms with E-state index in [9.17, 15) is 9.59 Å². The van der Waals surface area contributed by atoms with Gasteiger partial charge in [-0.05, 0) is 12.8 Å². The van der Waals surface area contributed by atoms with Gasteiger partial charge in [-0.1, -0.05) is 36.9 Å². The van der Waals surface area contributed by atoms with Crippen LogP contribution in [-0.4, -0.2) is 47.8 Å². The lowest BCUT2D eigenvalue weighted by Gasteiger charge is -2.19. The van der Waals surface area contributed by atoms with Crippen molar-refractivity contribution < 1.29 is 9.59 Å². The minimum Gasteiger partial charge on any atom is -0.353 e. The average molecular weight is 316 g/mol. The molecule has 112 valence electrons. The Morgan fingerprint density at radius 2 is 2.00 bits per heavy atom. The van der Waals surface area contributed by atoms with Gasteiger partial charge >= 0.3 is 0 Å². The standard InChI is InChI=1S/C12H20N4O2S2/c1-7(2)10(8(3)17)13-9(18)6-19-12-15-14-11(20-12)16(4)5/h7,10H,6H2,1-5H3,(H,13,18). The fourth-order valence-electron chi connectivity index (χ4n) is 1.52. The van der Waals surface area contributed by atoms with Crippen LogP contribution in [0.2, 0.25) is 0 Å². The molecule has 0 aliphatic rings. The molecular weight excluding hydrogens is 296 g/mol. The highest BCUT2D eigenvalue weighted by Gasteiger charge is 2.20. The first-order chi connectivity index (χ1) is 9.31. The van der Waals surface area contributed by atoms with Crippen molar-refractivity contribution in [2.24, 2.45) is 5.92 Å². The van der Waals surface area contributed by atoms with Crippen molar-refractivity contribution in [2.45, 2.75) is 31.2 Å². The van der Waals surface area contributed by atoms with Gasteiger partial charge in [-0.2, -0.15) is 0 Å². The van der Waals surface area contributed by atoms with Crippen LogP contribution in [0.1, 0.15) is 20.8 Å². The van der Waals surface area contributed by atoms with Gasteiger partial charge in [-0.15, -0.1) is 10.2 Å². The number of rotatable bonds is 7. The van der Waals surface area contributed by atoms with Crippen molar-refractivity contribution in [3.8, 4) is 0 Å². The number of nitrogens with one attached hydrogen (secondary N) is 1. The van der Waals surface area contributed by atoms with Crippen LogP contribution in [0.5, 0.6) is 0 Å². The van der Waals surface area contributed by atoms with Gasteiger partial charge in [0.2, 0.25) is 11.0 Å². The number of anilines is 1. The Bertz CT molecular complexity index is 474. The first-order valence-corrected chi connectivity index (χ1v) is 8.05. The molecule has 0 aliphatic heterocycles. The summed E-state index contributed by atoms with van der Waals surface area (Å²) >= 11 is 2.76. The number of carbonyl (C=O) groups excluding carboxylic acids is 2. The van der Waals surface area contributed by atoms with Crippen molar-refractivity contribution in [1.82, 2.24) is 15.5 Å². The summed E-state index contributed by atoms with van der Waals surface area (Å²) in [6, 6.07) is -0.421. The molecule has 20 heavy (non-hydrogen) atoms. The Kier molecular flexibility index (Phi) is 6.41. The van der Waals surface area contributed by atoms with Crippen molar-refractivity contribution in [3.63, 3.8) is 0 Å². The molecular formula is C12H20N4O2S2. The molecule has 1 aromatic heterocycles. The Labute approximate surface area is 127 Å². The maximum absolute atomic E-state index is 11.8. The summed E-state index contributed by atoms with van der Waals surface area (Å²) in [7, 11) is 3.78. The van der Waals surface area contributed by atoms with E-state index < -0.39 is 6.04 Å². The third-order valence-electron chi connectivity index (χ3n) is 2.53. The van der Waals surface area contributed by atoms with Crippen LogP contribution in [0.3, 0.4) is 0 Å². The van der Waals surface area contributed by atoms with Crippen LogP contribution in [-0.2, 0) is 9.59 Å². The molecule has 0 aliphatic carbocycles. The van der Waals surface area contributed by atoms with Crippen LogP contribution in [0, 0.1) is 5.92 Å². The van der Waals surface area contributed by atoms with Crippen LogP contribution in [0.25, 0.3) is 0 Å². The molecule has 0 radical (unpaired) electrons. The lowest BCUT2D eigenvalue weighted by atomic mass is 10.0. The van der Waals surface area contributed by atoms with E-state index in [1.807, 2.05) is 32.8 Å². The Hall–Kier alpha value is -1.15. The Morgan fingerprint density at radius 1 is 1.35 bits per heavy atom. The Morgan fingerprint density at radius 3 is 2.45 bits per heavy atom. The second kappa shape index (κ2) is 7.58. The maximum atomic E-state index is 11.8. The lowest BCUT2D eigenvalue weighted by molar-refractivity contribution is -0.126. The monoisotopic (exact) mass is 316 g/mol. The molecule has 1 aromatic rings. The topological polar surface area (TPSA) is 75.2 Å². The number of Topliss-reactive ketones (excluding diaryl/α,β-unsaturated/α-hetero) is 1. The van der Waals surface area contributed by atoms with Gasteiger partial charge in [0, 0.05) is 14.1 Å². The van der Waals surface area contributed by atoms with Gasteiger partial charge in [-0.25, -0.2) is 0 Å². The lowest BCUT2D eigenvalue weighted by Crippen LogP contribution is -2.44. The first kappa shape index (κ1) is 16.9. The molecule has 1 unspecified atom stereocenters. The van der Waals surface area contributed by atoms with Gasteiger partial charge in [0.15, 0.2) is 10.1 Å². The molecule has 1 amide bonds. The molecule has 1 rings (SSSR count). The number of thioether (sulfide) groups is 1. The van der Waals surface area contributed by atoms with Crippen molar-refractivity contribution in [2.75, 3.05) is 24.7 Å². The molecule has 1 heterocycles. The number of hydrogen-bond donors (Lipinski definition) is 1. The second-order valence-electron chi connectivity index (χ2n) is 4.93. The molecule has 0 saturated carbocycles. The third-order valence-corrected chi connectivity index (χ3v) is 4.75. The number of hydrogen-bond acceptors (Lipinski definition) is 7. The number of amides is 1. The predicted octanol–water partition coefficient (Wildman–Crippen LogP) is 1.43. The molecule has 0 saturated heterocycles. The van der Waals surface area contributed by atoms with Crippen LogP contribution in [0.4, 0.5) is 5.13 Å². The van der Waals surface area contributed by atoms with Gasteiger partial charge < -0.3 is 10.2 Å². The summed E-state index contributed by atoms with van der Waals surface area (Å²) < 4.78 is 0.743. The number of nitrogens with zero attached hydrogens (tertiary/aromatic N) is 3. The largest absolute Gasteiger partial charge is 0.353 e. The normalized spacial score (nSPS) is 12.3. The van der Waals surface area contributed by atoms with E-state index >= 15 is 0 Å². The summed E-state index contributed by atoms with van der Waals surface area (Å²) in [5.41, 5.74) is 0. The molecule has 6 nitrogen and oxygen atoms in total. The molecule has 0 aromatic carbocycles. The van der Waals surface area contributed by atoms with E-state index in [0.29, 0.717) is 0 Å². The summed E-state index contributed by atoms with van der Waals surface area (Å²) in [5.74, 6) is 0.136. The Balaban J connectivity index is 2.48. The summed E-state index contributed by atoms with van der Waals surface area (Å²) in [6.07, 6.45) is 0. The SMILES string of the molecule is CC(=O)C(NC(=O)CSc1nnc(N(C)C)s1)C(C)C. The van der Waals surface area contributed by atoms with Crippen LogP contribution >= 0.6 is 23.1 Å². The third kappa shape index (κ3) is 5.09. The number of carbonyl (C=O) groups is 2.